The van der Waals surface area contributed by atoms with Crippen molar-refractivity contribution in [1.82, 2.24) is 9.88 Å². The largest absolute Gasteiger partial charge is 0.330 e. The van der Waals surface area contributed by atoms with E-state index in [1.165, 1.54) is 11.3 Å². The summed E-state index contributed by atoms with van der Waals surface area (Å²) < 4.78 is 0. The normalized spacial score (nSPS) is 25.0. The van der Waals surface area contributed by atoms with Crippen molar-refractivity contribution in [2.75, 3.05) is 11.9 Å². The lowest BCUT2D eigenvalue weighted by atomic mass is 10.1. The number of aromatic nitrogens is 1. The zero-order valence-corrected chi connectivity index (χ0v) is 15.1. The van der Waals surface area contributed by atoms with Gasteiger partial charge in [-0.15, -0.1) is 11.3 Å². The Morgan fingerprint density at radius 2 is 2.16 bits per heavy atom. The van der Waals surface area contributed by atoms with Crippen molar-refractivity contribution in [3.05, 3.63) is 46.4 Å². The van der Waals surface area contributed by atoms with Crippen LogP contribution in [-0.2, 0) is 9.59 Å². The number of carbonyl (C=O) groups excluding carboxylic acids is 2. The molecule has 5 nitrogen and oxygen atoms in total. The van der Waals surface area contributed by atoms with Crippen LogP contribution >= 0.6 is 22.9 Å². The molecule has 1 aliphatic carbocycles. The summed E-state index contributed by atoms with van der Waals surface area (Å²) in [6.45, 7) is 0.639. The molecule has 0 spiro atoms. The number of thiazole rings is 1. The Labute approximate surface area is 155 Å². The number of hydrogen-bond donors (Lipinski definition) is 1. The zero-order valence-electron chi connectivity index (χ0n) is 13.5. The molecule has 0 bridgehead atoms. The van der Waals surface area contributed by atoms with Crippen LogP contribution in [0.2, 0.25) is 5.02 Å². The molecule has 2 amide bonds. The van der Waals surface area contributed by atoms with E-state index in [0.717, 1.165) is 18.4 Å². The summed E-state index contributed by atoms with van der Waals surface area (Å²) in [5.41, 5.74) is 1.03. The van der Waals surface area contributed by atoms with Crippen molar-refractivity contribution in [2.24, 2.45) is 5.92 Å². The van der Waals surface area contributed by atoms with E-state index in [2.05, 4.69) is 10.3 Å². The fourth-order valence-electron chi connectivity index (χ4n) is 3.58. The number of nitrogens with zero attached hydrogens (tertiary/aromatic N) is 2. The maximum atomic E-state index is 12.9. The molecule has 130 valence electrons. The Kier molecular flexibility index (Phi) is 4.48. The van der Waals surface area contributed by atoms with Crippen LogP contribution in [0.1, 0.15) is 30.7 Å². The van der Waals surface area contributed by atoms with E-state index in [0.29, 0.717) is 23.1 Å². The van der Waals surface area contributed by atoms with E-state index in [-0.39, 0.29) is 23.7 Å². The predicted octanol–water partition coefficient (Wildman–Crippen LogP) is 3.53. The van der Waals surface area contributed by atoms with Gasteiger partial charge in [-0.05, 0) is 36.8 Å². The van der Waals surface area contributed by atoms with E-state index in [1.54, 1.807) is 11.1 Å². The number of anilines is 1. The predicted molar refractivity (Wildman–Crippen MR) is 97.8 cm³/mol. The second-order valence-electron chi connectivity index (χ2n) is 6.49. The number of carbonyl (C=O) groups is 2. The number of hydrogen-bond acceptors (Lipinski definition) is 4. The van der Waals surface area contributed by atoms with Gasteiger partial charge in [0.25, 0.3) is 0 Å². The van der Waals surface area contributed by atoms with Crippen LogP contribution in [0.25, 0.3) is 0 Å². The van der Waals surface area contributed by atoms with Crippen LogP contribution in [0, 0.1) is 5.92 Å². The van der Waals surface area contributed by atoms with Gasteiger partial charge in [0, 0.05) is 29.1 Å². The van der Waals surface area contributed by atoms with Crippen LogP contribution in [0.4, 0.5) is 5.13 Å². The first-order chi connectivity index (χ1) is 12.1. The molecule has 2 aromatic rings. The smallest absolute Gasteiger partial charge is 0.248 e. The maximum absolute atomic E-state index is 12.9. The first kappa shape index (κ1) is 16.5. The van der Waals surface area contributed by atoms with Gasteiger partial charge in [-0.25, -0.2) is 4.98 Å². The molecule has 1 aromatic carbocycles. The van der Waals surface area contributed by atoms with E-state index in [9.17, 15) is 9.59 Å². The van der Waals surface area contributed by atoms with Gasteiger partial charge in [0.2, 0.25) is 11.8 Å². The zero-order chi connectivity index (χ0) is 17.4. The summed E-state index contributed by atoms with van der Waals surface area (Å²) in [5.74, 6) is 0.0371. The molecule has 3 atom stereocenters. The molecule has 1 saturated heterocycles. The second-order valence-corrected chi connectivity index (χ2v) is 7.79. The van der Waals surface area contributed by atoms with Crippen LogP contribution in [-0.4, -0.2) is 34.3 Å². The maximum Gasteiger partial charge on any atom is 0.248 e. The van der Waals surface area contributed by atoms with Crippen LogP contribution in [0.3, 0.4) is 0 Å². The fourth-order valence-corrected chi connectivity index (χ4v) is 4.39. The van der Waals surface area contributed by atoms with Gasteiger partial charge in [-0.2, -0.15) is 0 Å². The first-order valence-corrected chi connectivity index (χ1v) is 9.66. The SMILES string of the molecule is O=C(Nc1nccs1)[C@@H]1CCCN1C(=O)[C@H]1C[C@@H]1c1ccccc1Cl. The van der Waals surface area contributed by atoms with Crippen molar-refractivity contribution < 1.29 is 9.59 Å². The van der Waals surface area contributed by atoms with E-state index >= 15 is 0 Å². The number of rotatable bonds is 4. The topological polar surface area (TPSA) is 62.3 Å². The quantitative estimate of drug-likeness (QED) is 0.889. The minimum Gasteiger partial charge on any atom is -0.330 e. The Morgan fingerprint density at radius 1 is 1.32 bits per heavy atom. The molecule has 2 heterocycles. The van der Waals surface area contributed by atoms with Crippen molar-refractivity contribution >= 4 is 39.9 Å². The Bertz CT molecular complexity index is 795. The molecule has 2 aliphatic rings. The highest BCUT2D eigenvalue weighted by Gasteiger charge is 2.49. The highest BCUT2D eigenvalue weighted by molar-refractivity contribution is 7.13. The fraction of sp³-hybridized carbons (Fsp3) is 0.389. The van der Waals surface area contributed by atoms with Gasteiger partial charge in [0.1, 0.15) is 6.04 Å². The molecule has 1 aromatic heterocycles. The number of amides is 2. The summed E-state index contributed by atoms with van der Waals surface area (Å²) >= 11 is 7.63. The molecule has 1 N–H and O–H groups in total. The van der Waals surface area contributed by atoms with E-state index in [1.807, 2.05) is 29.6 Å². The molecular weight excluding hydrogens is 358 g/mol. The van der Waals surface area contributed by atoms with Crippen LogP contribution < -0.4 is 5.32 Å². The van der Waals surface area contributed by atoms with Gasteiger partial charge in [0.05, 0.1) is 0 Å². The van der Waals surface area contributed by atoms with Gasteiger partial charge in [0.15, 0.2) is 5.13 Å². The molecule has 1 saturated carbocycles. The van der Waals surface area contributed by atoms with Gasteiger partial charge < -0.3 is 10.2 Å². The van der Waals surface area contributed by atoms with Gasteiger partial charge >= 0.3 is 0 Å². The van der Waals surface area contributed by atoms with Crippen molar-refractivity contribution in [3.63, 3.8) is 0 Å². The lowest BCUT2D eigenvalue weighted by Crippen LogP contribution is -2.44. The standard InChI is InChI=1S/C18H18ClN3O2S/c19-14-5-2-1-4-11(14)12-10-13(12)17(24)22-8-3-6-15(22)16(23)21-18-20-7-9-25-18/h1-2,4-5,7,9,12-13,15H,3,6,8,10H2,(H,20,21,23)/t12-,13+,15+/m1/s1. The van der Waals surface area contributed by atoms with Crippen LogP contribution in [0.5, 0.6) is 0 Å². The second kappa shape index (κ2) is 6.77. The number of halogens is 1. The lowest BCUT2D eigenvalue weighted by Gasteiger charge is -2.24. The summed E-state index contributed by atoms with van der Waals surface area (Å²) in [6, 6.07) is 7.28. The first-order valence-electron chi connectivity index (χ1n) is 8.40. The van der Waals surface area contributed by atoms with E-state index in [4.69, 9.17) is 11.6 Å². The average Bonchev–Trinajstić information content (AvgIpc) is 2.99. The Balaban J connectivity index is 1.43. The summed E-state index contributed by atoms with van der Waals surface area (Å²) in [5, 5.41) is 5.91. The molecule has 7 heteroatoms. The Morgan fingerprint density at radius 3 is 2.92 bits per heavy atom. The third-order valence-corrected chi connectivity index (χ3v) is 5.95. The molecule has 0 radical (unpaired) electrons. The molecular formula is C18H18ClN3O2S. The van der Waals surface area contributed by atoms with Gasteiger partial charge in [-0.1, -0.05) is 29.8 Å². The molecule has 25 heavy (non-hydrogen) atoms. The number of benzene rings is 1. The summed E-state index contributed by atoms with van der Waals surface area (Å²) in [4.78, 5) is 31.2. The van der Waals surface area contributed by atoms with Crippen molar-refractivity contribution in [2.45, 2.75) is 31.2 Å². The highest BCUT2D eigenvalue weighted by Crippen LogP contribution is 2.51. The minimum absolute atomic E-state index is 0.0619. The molecule has 1 aliphatic heterocycles. The van der Waals surface area contributed by atoms with Crippen molar-refractivity contribution in [3.8, 4) is 0 Å². The third-order valence-electron chi connectivity index (χ3n) is 4.91. The Hall–Kier alpha value is -1.92. The summed E-state index contributed by atoms with van der Waals surface area (Å²) in [7, 11) is 0. The average molecular weight is 376 g/mol. The molecule has 4 rings (SSSR count). The number of nitrogens with one attached hydrogen (secondary N) is 1. The van der Waals surface area contributed by atoms with Gasteiger partial charge in [-0.3, -0.25) is 9.59 Å². The minimum atomic E-state index is -0.399. The number of likely N-dealkylation sites (tertiary alicyclic amines) is 1. The van der Waals surface area contributed by atoms with Crippen molar-refractivity contribution in [1.29, 1.82) is 0 Å². The molecule has 2 fully saturated rings. The van der Waals surface area contributed by atoms with Crippen LogP contribution in [0.15, 0.2) is 35.8 Å². The monoisotopic (exact) mass is 375 g/mol. The highest BCUT2D eigenvalue weighted by atomic mass is 35.5. The van der Waals surface area contributed by atoms with E-state index < -0.39 is 6.04 Å². The lowest BCUT2D eigenvalue weighted by molar-refractivity contribution is -0.137. The summed E-state index contributed by atoms with van der Waals surface area (Å²) in [6.07, 6.45) is 4.01. The molecule has 0 unspecified atom stereocenters. The third kappa shape index (κ3) is 3.28.